The number of hydrogen-bond acceptors (Lipinski definition) is 3. The molecule has 0 saturated carbocycles. The van der Waals surface area contributed by atoms with Gasteiger partial charge in [0.05, 0.1) is 29.1 Å². The Balaban J connectivity index is 2.60. The first-order valence-electron chi connectivity index (χ1n) is 5.87. The van der Waals surface area contributed by atoms with Gasteiger partial charge in [-0.3, -0.25) is 14.7 Å². The molecule has 0 saturated heterocycles. The number of carbonyl (C=O) groups excluding carboxylic acids is 1. The van der Waals surface area contributed by atoms with E-state index in [0.717, 1.165) is 0 Å². The summed E-state index contributed by atoms with van der Waals surface area (Å²) < 4.78 is 5.76. The number of benzene rings is 1. The number of H-pyrrole nitrogens is 1. The highest BCUT2D eigenvalue weighted by atomic mass is 35.5. The molecule has 0 spiro atoms. The molecule has 2 aromatic rings. The van der Waals surface area contributed by atoms with E-state index in [1.807, 2.05) is 0 Å². The van der Waals surface area contributed by atoms with Crippen LogP contribution in [0.1, 0.15) is 11.3 Å². The van der Waals surface area contributed by atoms with Gasteiger partial charge in [-0.2, -0.15) is 0 Å². The van der Waals surface area contributed by atoms with Gasteiger partial charge in [-0.15, -0.1) is 0 Å². The fourth-order valence-electron chi connectivity index (χ4n) is 1.91. The molecule has 1 aromatic heterocycles. The molecule has 0 unspecified atom stereocenters. The largest absolute Gasteiger partial charge is 0.469 e. The van der Waals surface area contributed by atoms with Crippen molar-refractivity contribution in [2.75, 3.05) is 7.11 Å². The third-order valence-electron chi connectivity index (χ3n) is 2.95. The number of methoxy groups -OCH3 is 1. The molecule has 0 aliphatic carbocycles. The van der Waals surface area contributed by atoms with Gasteiger partial charge in [0.2, 0.25) is 0 Å². The standard InChI is InChI=1S/C13H11Cl3N2O3/c1-6-8(5-11(19)21-2)13(20)18(17-6)12-9(15)3-7(14)4-10(12)16/h3-4,17H,5H2,1-2H3. The Morgan fingerprint density at radius 3 is 2.38 bits per heavy atom. The molecule has 1 N–H and O–H groups in total. The highest BCUT2D eigenvalue weighted by Crippen LogP contribution is 2.31. The maximum atomic E-state index is 12.4. The lowest BCUT2D eigenvalue weighted by Gasteiger charge is -2.07. The van der Waals surface area contributed by atoms with Crippen molar-refractivity contribution in [3.05, 3.63) is 48.8 Å². The van der Waals surface area contributed by atoms with E-state index in [-0.39, 0.29) is 22.2 Å². The Morgan fingerprint density at radius 1 is 1.29 bits per heavy atom. The van der Waals surface area contributed by atoms with Crippen LogP contribution in [-0.2, 0) is 16.0 Å². The maximum absolute atomic E-state index is 12.4. The first kappa shape index (κ1) is 15.9. The van der Waals surface area contributed by atoms with E-state index in [1.54, 1.807) is 6.92 Å². The van der Waals surface area contributed by atoms with Crippen LogP contribution in [0.3, 0.4) is 0 Å². The highest BCUT2D eigenvalue weighted by Gasteiger charge is 2.19. The van der Waals surface area contributed by atoms with Gasteiger partial charge in [-0.05, 0) is 19.1 Å². The molecule has 0 aliphatic heterocycles. The van der Waals surface area contributed by atoms with Gasteiger partial charge in [0, 0.05) is 10.7 Å². The summed E-state index contributed by atoms with van der Waals surface area (Å²) in [6.07, 6.45) is -0.131. The summed E-state index contributed by atoms with van der Waals surface area (Å²) >= 11 is 18.0. The van der Waals surface area contributed by atoms with Crippen LogP contribution in [0.5, 0.6) is 0 Å². The predicted molar refractivity (Wildman–Crippen MR) is 81.9 cm³/mol. The Morgan fingerprint density at radius 2 is 1.86 bits per heavy atom. The van der Waals surface area contributed by atoms with E-state index >= 15 is 0 Å². The van der Waals surface area contributed by atoms with Crippen molar-refractivity contribution >= 4 is 40.8 Å². The average molecular weight is 350 g/mol. The number of ether oxygens (including phenoxy) is 1. The number of carbonyl (C=O) groups is 1. The van der Waals surface area contributed by atoms with Crippen LogP contribution < -0.4 is 5.56 Å². The summed E-state index contributed by atoms with van der Waals surface area (Å²) in [5.41, 5.74) is 0.701. The number of halogens is 3. The first-order valence-corrected chi connectivity index (χ1v) is 7.00. The van der Waals surface area contributed by atoms with Gasteiger partial charge in [0.15, 0.2) is 0 Å². The van der Waals surface area contributed by atoms with Crippen molar-refractivity contribution < 1.29 is 9.53 Å². The van der Waals surface area contributed by atoms with Crippen LogP contribution in [0.15, 0.2) is 16.9 Å². The Bertz CT molecular complexity index is 742. The fraction of sp³-hybridized carbons (Fsp3) is 0.231. The van der Waals surface area contributed by atoms with Crippen molar-refractivity contribution in [2.24, 2.45) is 0 Å². The molecular weight excluding hydrogens is 339 g/mol. The highest BCUT2D eigenvalue weighted by molar-refractivity contribution is 6.40. The summed E-state index contributed by atoms with van der Waals surface area (Å²) in [7, 11) is 1.26. The number of aromatic nitrogens is 2. The normalized spacial score (nSPS) is 10.7. The molecule has 0 atom stereocenters. The van der Waals surface area contributed by atoms with Gasteiger partial charge in [0.25, 0.3) is 5.56 Å². The molecule has 0 bridgehead atoms. The van der Waals surface area contributed by atoms with E-state index in [0.29, 0.717) is 16.3 Å². The number of aromatic amines is 1. The number of rotatable bonds is 3. The minimum Gasteiger partial charge on any atom is -0.469 e. The third kappa shape index (κ3) is 3.10. The summed E-state index contributed by atoms with van der Waals surface area (Å²) in [6, 6.07) is 2.96. The molecule has 0 aliphatic rings. The van der Waals surface area contributed by atoms with Gasteiger partial charge < -0.3 is 4.74 Å². The predicted octanol–water partition coefficient (Wildman–Crippen LogP) is 3.15. The van der Waals surface area contributed by atoms with Gasteiger partial charge in [0.1, 0.15) is 5.69 Å². The van der Waals surface area contributed by atoms with Crippen LogP contribution in [-0.4, -0.2) is 22.9 Å². The lowest BCUT2D eigenvalue weighted by atomic mass is 10.2. The van der Waals surface area contributed by atoms with Gasteiger partial charge in [-0.1, -0.05) is 34.8 Å². The molecule has 112 valence electrons. The number of esters is 1. The van der Waals surface area contributed by atoms with Crippen molar-refractivity contribution in [1.29, 1.82) is 0 Å². The lowest BCUT2D eigenvalue weighted by Crippen LogP contribution is -2.20. The second kappa shape index (κ2) is 6.13. The molecule has 0 amide bonds. The van der Waals surface area contributed by atoms with E-state index in [1.165, 1.54) is 23.9 Å². The van der Waals surface area contributed by atoms with Crippen LogP contribution in [0.4, 0.5) is 0 Å². The Kier molecular flexibility index (Phi) is 4.66. The Hall–Kier alpha value is -1.43. The van der Waals surface area contributed by atoms with Crippen LogP contribution in [0, 0.1) is 6.92 Å². The zero-order chi connectivity index (χ0) is 15.7. The molecule has 1 aromatic carbocycles. The van der Waals surface area contributed by atoms with Crippen molar-refractivity contribution in [3.8, 4) is 5.69 Å². The quantitative estimate of drug-likeness (QED) is 0.866. The van der Waals surface area contributed by atoms with Crippen LogP contribution in [0.2, 0.25) is 15.1 Å². The van der Waals surface area contributed by atoms with E-state index in [9.17, 15) is 9.59 Å². The first-order chi connectivity index (χ1) is 9.85. The number of aryl methyl sites for hydroxylation is 1. The molecule has 1 heterocycles. The topological polar surface area (TPSA) is 64.1 Å². The van der Waals surface area contributed by atoms with Crippen LogP contribution in [0.25, 0.3) is 5.69 Å². The SMILES string of the molecule is COC(=O)Cc1c(C)[nH]n(-c2c(Cl)cc(Cl)cc2Cl)c1=O. The van der Waals surface area contributed by atoms with Gasteiger partial charge >= 0.3 is 5.97 Å². The number of nitrogens with zero attached hydrogens (tertiary/aromatic N) is 1. The zero-order valence-corrected chi connectivity index (χ0v) is 13.4. The monoisotopic (exact) mass is 348 g/mol. The molecule has 5 nitrogen and oxygen atoms in total. The minimum absolute atomic E-state index is 0.131. The second-order valence-corrected chi connectivity index (χ2v) is 5.58. The molecule has 2 rings (SSSR count). The fourth-order valence-corrected chi connectivity index (χ4v) is 2.90. The molecular formula is C13H11Cl3N2O3. The van der Waals surface area contributed by atoms with Gasteiger partial charge in [-0.25, -0.2) is 4.68 Å². The van der Waals surface area contributed by atoms with Crippen LogP contribution >= 0.6 is 34.8 Å². The maximum Gasteiger partial charge on any atom is 0.310 e. The van der Waals surface area contributed by atoms with Crippen molar-refractivity contribution in [2.45, 2.75) is 13.3 Å². The third-order valence-corrected chi connectivity index (χ3v) is 3.74. The smallest absolute Gasteiger partial charge is 0.310 e. The lowest BCUT2D eigenvalue weighted by molar-refractivity contribution is -0.139. The number of nitrogens with one attached hydrogen (secondary N) is 1. The number of hydrogen-bond donors (Lipinski definition) is 1. The van der Waals surface area contributed by atoms with Crippen molar-refractivity contribution in [3.63, 3.8) is 0 Å². The van der Waals surface area contributed by atoms with E-state index in [2.05, 4.69) is 9.84 Å². The van der Waals surface area contributed by atoms with Crippen molar-refractivity contribution in [1.82, 2.24) is 9.78 Å². The average Bonchev–Trinajstić information content (AvgIpc) is 2.65. The minimum atomic E-state index is -0.505. The summed E-state index contributed by atoms with van der Waals surface area (Å²) in [5, 5.41) is 3.65. The zero-order valence-electron chi connectivity index (χ0n) is 11.2. The molecule has 21 heavy (non-hydrogen) atoms. The second-order valence-electron chi connectivity index (χ2n) is 4.33. The molecule has 0 radical (unpaired) electrons. The summed E-state index contributed by atoms with van der Waals surface area (Å²) in [4.78, 5) is 23.8. The molecule has 0 fully saturated rings. The van der Waals surface area contributed by atoms with E-state index < -0.39 is 11.5 Å². The summed E-state index contributed by atoms with van der Waals surface area (Å²) in [6.45, 7) is 1.67. The Labute approximate surface area is 135 Å². The molecule has 8 heteroatoms. The summed E-state index contributed by atoms with van der Waals surface area (Å²) in [5.74, 6) is -0.505. The van der Waals surface area contributed by atoms with E-state index in [4.69, 9.17) is 34.8 Å².